The molecule has 0 heterocycles. The van der Waals surface area contributed by atoms with Gasteiger partial charge in [0.25, 0.3) is 11.4 Å². The van der Waals surface area contributed by atoms with Crippen LogP contribution in [-0.2, 0) is 0 Å². The van der Waals surface area contributed by atoms with Crippen LogP contribution in [0.3, 0.4) is 0 Å². The monoisotopic (exact) mass is 268 g/mol. The van der Waals surface area contributed by atoms with Crippen molar-refractivity contribution in [2.75, 3.05) is 0 Å². The maximum atomic E-state index is 11.0. The van der Waals surface area contributed by atoms with Crippen molar-refractivity contribution in [3.05, 3.63) is 68.8 Å². The Morgan fingerprint density at radius 1 is 0.750 bits per heavy atom. The van der Waals surface area contributed by atoms with E-state index in [0.29, 0.717) is 16.2 Å². The highest BCUT2D eigenvalue weighted by Gasteiger charge is 2.13. The lowest BCUT2D eigenvalue weighted by molar-refractivity contribution is -0.384. The Labute approximate surface area is 112 Å². The van der Waals surface area contributed by atoms with Crippen LogP contribution in [-0.4, -0.2) is 9.85 Å². The average Bonchev–Trinajstić information content (AvgIpc) is 2.43. The molecule has 0 unspecified atom stereocenters. The lowest BCUT2D eigenvalue weighted by Crippen LogP contribution is -1.90. The molecule has 20 heavy (non-hydrogen) atoms. The summed E-state index contributed by atoms with van der Waals surface area (Å²) >= 11 is 0. The Morgan fingerprint density at radius 2 is 1.55 bits per heavy atom. The maximum absolute atomic E-state index is 11.0. The molecule has 0 aliphatic carbocycles. The summed E-state index contributed by atoms with van der Waals surface area (Å²) in [5.74, 6) is 0. The SMILES string of the molecule is O=[N+]([O-])c1ccc2cc3c([N+](=O)[O-])cccc3cc2c1. The van der Waals surface area contributed by atoms with Crippen LogP contribution in [0.1, 0.15) is 0 Å². The van der Waals surface area contributed by atoms with E-state index < -0.39 is 9.85 Å². The van der Waals surface area contributed by atoms with Crippen LogP contribution < -0.4 is 0 Å². The molecule has 3 rings (SSSR count). The normalized spacial score (nSPS) is 10.8. The number of hydrogen-bond acceptors (Lipinski definition) is 4. The number of fused-ring (bicyclic) bond motifs is 2. The number of benzene rings is 3. The molecule has 3 aromatic rings. The lowest BCUT2D eigenvalue weighted by Gasteiger charge is -2.03. The predicted molar refractivity (Wildman–Crippen MR) is 74.8 cm³/mol. The Kier molecular flexibility index (Phi) is 2.57. The van der Waals surface area contributed by atoms with Gasteiger partial charge in [0.15, 0.2) is 0 Å². The van der Waals surface area contributed by atoms with Gasteiger partial charge in [-0.25, -0.2) is 0 Å². The van der Waals surface area contributed by atoms with Crippen molar-refractivity contribution in [2.45, 2.75) is 0 Å². The smallest absolute Gasteiger partial charge is 0.258 e. The van der Waals surface area contributed by atoms with Crippen molar-refractivity contribution in [1.82, 2.24) is 0 Å². The number of hydrogen-bond donors (Lipinski definition) is 0. The van der Waals surface area contributed by atoms with Crippen LogP contribution >= 0.6 is 0 Å². The van der Waals surface area contributed by atoms with Crippen LogP contribution in [0.15, 0.2) is 48.5 Å². The summed E-state index contributed by atoms with van der Waals surface area (Å²) in [4.78, 5) is 20.9. The highest BCUT2D eigenvalue weighted by atomic mass is 16.6. The summed E-state index contributed by atoms with van der Waals surface area (Å²) < 4.78 is 0. The first-order valence-electron chi connectivity index (χ1n) is 5.81. The van der Waals surface area contributed by atoms with E-state index in [4.69, 9.17) is 0 Å². The van der Waals surface area contributed by atoms with Crippen LogP contribution in [0.25, 0.3) is 21.5 Å². The average molecular weight is 268 g/mol. The Bertz CT molecular complexity index is 873. The second-order valence-corrected chi connectivity index (χ2v) is 4.40. The quantitative estimate of drug-likeness (QED) is 0.401. The van der Waals surface area contributed by atoms with Crippen molar-refractivity contribution in [1.29, 1.82) is 0 Å². The van der Waals surface area contributed by atoms with E-state index in [1.807, 2.05) is 0 Å². The van der Waals surface area contributed by atoms with E-state index >= 15 is 0 Å². The minimum Gasteiger partial charge on any atom is -0.258 e. The van der Waals surface area contributed by atoms with Gasteiger partial charge in [-0.1, -0.05) is 12.1 Å². The summed E-state index contributed by atoms with van der Waals surface area (Å²) in [6.45, 7) is 0. The molecule has 3 aromatic carbocycles. The highest BCUT2D eigenvalue weighted by molar-refractivity contribution is 6.02. The zero-order chi connectivity index (χ0) is 14.3. The largest absolute Gasteiger partial charge is 0.277 e. The predicted octanol–water partition coefficient (Wildman–Crippen LogP) is 3.81. The molecule has 0 saturated heterocycles. The van der Waals surface area contributed by atoms with Gasteiger partial charge in [-0.3, -0.25) is 20.2 Å². The van der Waals surface area contributed by atoms with Crippen molar-refractivity contribution < 1.29 is 9.85 Å². The van der Waals surface area contributed by atoms with Gasteiger partial charge in [0, 0.05) is 18.2 Å². The number of nitro groups is 2. The van der Waals surface area contributed by atoms with Crippen molar-refractivity contribution in [3.8, 4) is 0 Å². The molecule has 0 saturated carbocycles. The van der Waals surface area contributed by atoms with E-state index in [1.54, 1.807) is 30.3 Å². The summed E-state index contributed by atoms with van der Waals surface area (Å²) in [5.41, 5.74) is 0.0324. The second-order valence-electron chi connectivity index (χ2n) is 4.40. The van der Waals surface area contributed by atoms with Gasteiger partial charge in [-0.05, 0) is 34.4 Å². The van der Waals surface area contributed by atoms with Gasteiger partial charge in [-0.15, -0.1) is 0 Å². The summed E-state index contributed by atoms with van der Waals surface area (Å²) in [7, 11) is 0. The topological polar surface area (TPSA) is 86.3 Å². The number of rotatable bonds is 2. The minimum absolute atomic E-state index is 0.00211. The third kappa shape index (κ3) is 1.83. The first kappa shape index (κ1) is 12.0. The fourth-order valence-electron chi connectivity index (χ4n) is 2.27. The number of non-ortho nitro benzene ring substituents is 2. The molecule has 0 aromatic heterocycles. The molecule has 98 valence electrons. The molecule has 0 N–H and O–H groups in total. The minimum atomic E-state index is -0.461. The zero-order valence-corrected chi connectivity index (χ0v) is 10.1. The molecule has 0 bridgehead atoms. The molecule has 0 fully saturated rings. The Morgan fingerprint density at radius 3 is 2.25 bits per heavy atom. The van der Waals surface area contributed by atoms with Gasteiger partial charge in [0.1, 0.15) is 0 Å². The summed E-state index contributed by atoms with van der Waals surface area (Å²) in [6, 6.07) is 12.7. The highest BCUT2D eigenvalue weighted by Crippen LogP contribution is 2.31. The lowest BCUT2D eigenvalue weighted by atomic mass is 10.0. The van der Waals surface area contributed by atoms with E-state index in [-0.39, 0.29) is 11.4 Å². The molecule has 0 spiro atoms. The number of nitro benzene ring substituents is 2. The zero-order valence-electron chi connectivity index (χ0n) is 10.1. The first-order valence-corrected chi connectivity index (χ1v) is 5.81. The molecule has 0 aliphatic rings. The Hall–Kier alpha value is -3.02. The van der Waals surface area contributed by atoms with Gasteiger partial charge >= 0.3 is 0 Å². The van der Waals surface area contributed by atoms with Crippen LogP contribution in [0.2, 0.25) is 0 Å². The number of nitrogens with zero attached hydrogens (tertiary/aromatic N) is 2. The molecule has 0 radical (unpaired) electrons. The van der Waals surface area contributed by atoms with E-state index in [2.05, 4.69) is 0 Å². The maximum Gasteiger partial charge on any atom is 0.277 e. The van der Waals surface area contributed by atoms with E-state index in [9.17, 15) is 20.2 Å². The van der Waals surface area contributed by atoms with Gasteiger partial charge in [0.05, 0.1) is 15.2 Å². The summed E-state index contributed by atoms with van der Waals surface area (Å²) in [5, 5.41) is 24.4. The Balaban J connectivity index is 2.36. The van der Waals surface area contributed by atoms with Crippen molar-refractivity contribution in [2.24, 2.45) is 0 Å². The van der Waals surface area contributed by atoms with Crippen molar-refractivity contribution >= 4 is 32.9 Å². The third-order valence-electron chi connectivity index (χ3n) is 3.21. The molecule has 6 nitrogen and oxygen atoms in total. The fourth-order valence-corrected chi connectivity index (χ4v) is 2.27. The van der Waals surface area contributed by atoms with Gasteiger partial charge in [-0.2, -0.15) is 0 Å². The fraction of sp³-hybridized carbons (Fsp3) is 0. The first-order chi connectivity index (χ1) is 9.56. The van der Waals surface area contributed by atoms with Crippen LogP contribution in [0.5, 0.6) is 0 Å². The van der Waals surface area contributed by atoms with Gasteiger partial charge < -0.3 is 0 Å². The molecule has 0 aliphatic heterocycles. The molecule has 0 amide bonds. The van der Waals surface area contributed by atoms with E-state index in [1.165, 1.54) is 18.2 Å². The molecular weight excluding hydrogens is 260 g/mol. The second kappa shape index (κ2) is 4.27. The van der Waals surface area contributed by atoms with Crippen molar-refractivity contribution in [3.63, 3.8) is 0 Å². The van der Waals surface area contributed by atoms with E-state index in [0.717, 1.165) is 5.39 Å². The van der Waals surface area contributed by atoms with Crippen LogP contribution in [0.4, 0.5) is 11.4 Å². The molecular formula is C14H8N2O4. The molecule has 6 heteroatoms. The molecule has 0 atom stereocenters. The van der Waals surface area contributed by atoms with Crippen LogP contribution in [0, 0.1) is 20.2 Å². The standard InChI is InChI=1S/C14H8N2O4/c17-15(18)12-5-4-9-8-13-10(6-11(9)7-12)2-1-3-14(13)16(19)20/h1-8H. The summed E-state index contributed by atoms with van der Waals surface area (Å²) in [6.07, 6.45) is 0. The third-order valence-corrected chi connectivity index (χ3v) is 3.21. The van der Waals surface area contributed by atoms with Gasteiger partial charge in [0.2, 0.25) is 0 Å².